The van der Waals surface area contributed by atoms with Crippen LogP contribution in [0.5, 0.6) is 0 Å². The molecule has 3 heterocycles. The molecule has 0 bridgehead atoms. The monoisotopic (exact) mass is 647 g/mol. The van der Waals surface area contributed by atoms with Crippen LogP contribution in [-0.2, 0) is 17.1 Å². The predicted molar refractivity (Wildman–Crippen MR) is 156 cm³/mol. The molecular weight excluding hydrogens is 624 g/mol. The number of amides is 3. The molecule has 3 amide bonds. The van der Waals surface area contributed by atoms with Crippen LogP contribution >= 0.6 is 11.8 Å². The molecule has 5 rings (SSSR count). The van der Waals surface area contributed by atoms with E-state index in [0.29, 0.717) is 11.9 Å². The zero-order valence-electron chi connectivity index (χ0n) is 23.7. The molecule has 234 valence electrons. The first-order chi connectivity index (χ1) is 21.1. The largest absolute Gasteiger partial charge is 0.418 e. The number of thioether (sulfide) groups is 1. The summed E-state index contributed by atoms with van der Waals surface area (Å²) in [4.78, 5) is 38.6. The molecule has 16 heteroatoms. The van der Waals surface area contributed by atoms with Crippen LogP contribution in [-0.4, -0.2) is 42.6 Å². The van der Waals surface area contributed by atoms with E-state index in [1.165, 1.54) is 11.0 Å². The van der Waals surface area contributed by atoms with Crippen LogP contribution in [0.25, 0.3) is 17.2 Å². The lowest BCUT2D eigenvalue weighted by Crippen LogP contribution is -2.31. The number of alkyl halides is 6. The van der Waals surface area contributed by atoms with Gasteiger partial charge in [0, 0.05) is 11.8 Å². The molecule has 0 unspecified atom stereocenters. The number of nitrogens with one attached hydrogen (secondary N) is 1. The number of rotatable bonds is 5. The van der Waals surface area contributed by atoms with Gasteiger partial charge in [0.15, 0.2) is 16.8 Å². The number of nitrogens with zero attached hydrogens (tertiary/aromatic N) is 6. The second kappa shape index (κ2) is 12.0. The van der Waals surface area contributed by atoms with Crippen molar-refractivity contribution in [2.45, 2.75) is 39.0 Å². The van der Waals surface area contributed by atoms with Crippen molar-refractivity contribution in [2.75, 3.05) is 16.0 Å². The molecule has 1 saturated heterocycles. The van der Waals surface area contributed by atoms with Gasteiger partial charge in [-0.05, 0) is 60.4 Å². The lowest BCUT2D eigenvalue weighted by molar-refractivity contribution is -0.138. The first-order valence-electron chi connectivity index (χ1n) is 13.2. The van der Waals surface area contributed by atoms with Gasteiger partial charge in [-0.2, -0.15) is 31.3 Å². The van der Waals surface area contributed by atoms with Crippen LogP contribution in [0.1, 0.15) is 42.0 Å². The minimum Gasteiger partial charge on any atom is -0.305 e. The molecule has 1 N–H and O–H groups in total. The summed E-state index contributed by atoms with van der Waals surface area (Å²) >= 11 is 0.994. The number of aromatic nitrogens is 4. The van der Waals surface area contributed by atoms with Crippen molar-refractivity contribution in [3.8, 4) is 17.2 Å². The molecule has 45 heavy (non-hydrogen) atoms. The summed E-state index contributed by atoms with van der Waals surface area (Å²) in [7, 11) is 0. The lowest BCUT2D eigenvalue weighted by Gasteiger charge is -2.22. The maximum atomic E-state index is 14.1. The zero-order chi connectivity index (χ0) is 32.7. The normalized spacial score (nSPS) is 14.9. The second-order valence-corrected chi connectivity index (χ2v) is 11.2. The van der Waals surface area contributed by atoms with Crippen molar-refractivity contribution in [3.63, 3.8) is 0 Å². The van der Waals surface area contributed by atoms with E-state index in [1.807, 2.05) is 32.9 Å². The Morgan fingerprint density at radius 2 is 1.76 bits per heavy atom. The minimum atomic E-state index is -4.92. The number of hydrogen-bond acceptors (Lipinski definition) is 6. The van der Waals surface area contributed by atoms with Crippen LogP contribution in [0.2, 0.25) is 0 Å². The highest BCUT2D eigenvalue weighted by atomic mass is 32.2. The Balaban J connectivity index is 1.41. The molecule has 0 radical (unpaired) electrons. The van der Waals surface area contributed by atoms with Crippen LogP contribution < -0.4 is 10.2 Å². The number of halogens is 6. The SMILES string of the molecule is Cc1ccc(C(C)C)c(N2C(=O)CSC2=NC(=O)Nc2ccc(-c3ncn(-c4ccc(C(F)(F)F)cn4)n3)cc2C(F)(F)F)c1. The highest BCUT2D eigenvalue weighted by Crippen LogP contribution is 2.38. The van der Waals surface area contributed by atoms with Crippen molar-refractivity contribution in [1.29, 1.82) is 0 Å². The maximum Gasteiger partial charge on any atom is 0.418 e. The van der Waals surface area contributed by atoms with Gasteiger partial charge in [0.2, 0.25) is 5.91 Å². The first-order valence-corrected chi connectivity index (χ1v) is 14.2. The molecule has 0 atom stereocenters. The molecular formula is C29H23F6N7O2S. The lowest BCUT2D eigenvalue weighted by atomic mass is 9.99. The van der Waals surface area contributed by atoms with Gasteiger partial charge >= 0.3 is 18.4 Å². The molecule has 0 saturated carbocycles. The summed E-state index contributed by atoms with van der Waals surface area (Å²) in [6, 6.07) is 9.24. The third-order valence-corrected chi connectivity index (χ3v) is 7.56. The molecule has 4 aromatic rings. The third kappa shape index (κ3) is 6.84. The van der Waals surface area contributed by atoms with Gasteiger partial charge in [-0.25, -0.2) is 19.4 Å². The van der Waals surface area contributed by atoms with Gasteiger partial charge in [-0.15, -0.1) is 5.10 Å². The molecule has 0 spiro atoms. The van der Waals surface area contributed by atoms with E-state index < -0.39 is 35.2 Å². The quantitative estimate of drug-likeness (QED) is 0.226. The van der Waals surface area contributed by atoms with Gasteiger partial charge < -0.3 is 5.32 Å². The van der Waals surface area contributed by atoms with Crippen LogP contribution in [0, 0.1) is 6.92 Å². The van der Waals surface area contributed by atoms with E-state index in [9.17, 15) is 35.9 Å². The highest BCUT2D eigenvalue weighted by molar-refractivity contribution is 8.15. The molecule has 1 aliphatic rings. The summed E-state index contributed by atoms with van der Waals surface area (Å²) in [6.45, 7) is 5.73. The van der Waals surface area contributed by atoms with Crippen LogP contribution in [0.4, 0.5) is 42.5 Å². The number of urea groups is 1. The fraction of sp³-hybridized carbons (Fsp3) is 0.241. The number of benzene rings is 2. The van der Waals surface area contributed by atoms with Crippen molar-refractivity contribution < 1.29 is 35.9 Å². The Bertz CT molecular complexity index is 1800. The summed E-state index contributed by atoms with van der Waals surface area (Å²) < 4.78 is 81.8. The van der Waals surface area contributed by atoms with Gasteiger partial charge in [-0.3, -0.25) is 9.69 Å². The third-order valence-electron chi connectivity index (χ3n) is 6.64. The average Bonchev–Trinajstić information content (AvgIpc) is 3.59. The van der Waals surface area contributed by atoms with E-state index in [0.717, 1.165) is 58.2 Å². The van der Waals surface area contributed by atoms with Crippen molar-refractivity contribution in [3.05, 3.63) is 83.3 Å². The van der Waals surface area contributed by atoms with Crippen molar-refractivity contribution in [1.82, 2.24) is 19.7 Å². The first kappa shape index (κ1) is 31.7. The number of hydrogen-bond donors (Lipinski definition) is 1. The predicted octanol–water partition coefficient (Wildman–Crippen LogP) is 7.47. The van der Waals surface area contributed by atoms with Gasteiger partial charge in [0.05, 0.1) is 28.3 Å². The fourth-order valence-electron chi connectivity index (χ4n) is 4.47. The van der Waals surface area contributed by atoms with Crippen LogP contribution in [0.3, 0.4) is 0 Å². The summed E-state index contributed by atoms with van der Waals surface area (Å²) in [6.07, 6.45) is -7.82. The number of anilines is 2. The van der Waals surface area contributed by atoms with Gasteiger partial charge in [0.25, 0.3) is 0 Å². The summed E-state index contributed by atoms with van der Waals surface area (Å²) in [5, 5.41) is 6.23. The highest BCUT2D eigenvalue weighted by Gasteiger charge is 2.36. The van der Waals surface area contributed by atoms with Crippen molar-refractivity contribution >= 4 is 40.2 Å². The Morgan fingerprint density at radius 3 is 2.40 bits per heavy atom. The Labute approximate surface area is 256 Å². The average molecular weight is 648 g/mol. The standard InChI is InChI=1S/C29H23F6N7O2S/c1-15(2)19-7-4-16(3)10-22(19)42-24(43)13-45-27(42)39-26(44)38-21-8-5-17(11-20(21)29(33,34)35)25-37-14-41(40-25)23-9-6-18(12-36-23)28(30,31)32/h4-12,14-15H,13H2,1-3H3,(H,38,44). The number of pyridine rings is 1. The molecule has 1 fully saturated rings. The van der Waals surface area contributed by atoms with E-state index in [-0.39, 0.29) is 40.0 Å². The Hall–Kier alpha value is -4.73. The van der Waals surface area contributed by atoms with Gasteiger partial charge in [-0.1, -0.05) is 37.7 Å². The Morgan fingerprint density at radius 1 is 1.00 bits per heavy atom. The topological polar surface area (TPSA) is 105 Å². The number of carbonyl (C=O) groups is 2. The molecule has 2 aromatic heterocycles. The number of aliphatic imine (C=N–C) groups is 1. The van der Waals surface area contributed by atoms with E-state index in [2.05, 4.69) is 25.4 Å². The Kier molecular flexibility index (Phi) is 8.44. The van der Waals surface area contributed by atoms with E-state index >= 15 is 0 Å². The van der Waals surface area contributed by atoms with E-state index in [4.69, 9.17) is 0 Å². The number of aryl methyl sites for hydroxylation is 1. The second-order valence-electron chi connectivity index (χ2n) is 10.2. The van der Waals surface area contributed by atoms with Crippen molar-refractivity contribution in [2.24, 2.45) is 4.99 Å². The van der Waals surface area contributed by atoms with Gasteiger partial charge in [0.1, 0.15) is 6.33 Å². The molecule has 9 nitrogen and oxygen atoms in total. The fourth-order valence-corrected chi connectivity index (χ4v) is 5.33. The number of amidine groups is 1. The maximum absolute atomic E-state index is 14.1. The minimum absolute atomic E-state index is 0.00171. The zero-order valence-corrected chi connectivity index (χ0v) is 24.6. The number of carbonyl (C=O) groups excluding carboxylic acids is 2. The molecule has 2 aromatic carbocycles. The van der Waals surface area contributed by atoms with Crippen LogP contribution in [0.15, 0.2) is 66.0 Å². The molecule has 1 aliphatic heterocycles. The molecule has 0 aliphatic carbocycles. The van der Waals surface area contributed by atoms with E-state index in [1.54, 1.807) is 6.07 Å². The summed E-state index contributed by atoms with van der Waals surface area (Å²) in [5.41, 5.74) is -0.622. The smallest absolute Gasteiger partial charge is 0.305 e. The summed E-state index contributed by atoms with van der Waals surface area (Å²) in [5.74, 6) is -0.492.